The quantitative estimate of drug-likeness (QED) is 0.433. The van der Waals surface area contributed by atoms with Crippen LogP contribution in [0.25, 0.3) is 0 Å². The minimum atomic E-state index is -0.611. The lowest BCUT2D eigenvalue weighted by atomic mass is 10.1. The number of Topliss-reactive ketones (excluding diaryl/α,β-unsaturated/α-hetero) is 2. The van der Waals surface area contributed by atoms with Gasteiger partial charge in [0.15, 0.2) is 0 Å². The zero-order chi connectivity index (χ0) is 10.6. The molecule has 0 fully saturated rings. The number of hydrogen-bond donors (Lipinski definition) is 0. The third-order valence-electron chi connectivity index (χ3n) is 1.71. The predicted molar refractivity (Wildman–Crippen MR) is 53.1 cm³/mol. The van der Waals surface area contributed by atoms with Crippen LogP contribution in [0.1, 0.15) is 10.4 Å². The summed E-state index contributed by atoms with van der Waals surface area (Å²) in [5, 5.41) is 0. The maximum absolute atomic E-state index is 11.4. The number of ketones is 2. The lowest BCUT2D eigenvalue weighted by Gasteiger charge is -2.01. The zero-order valence-corrected chi connectivity index (χ0v) is 8.38. The second-order valence-electron chi connectivity index (χ2n) is 2.62. The van der Waals surface area contributed by atoms with Crippen LogP contribution in [0.3, 0.4) is 0 Å². The molecule has 0 amide bonds. The Balaban J connectivity index is 2.95. The number of hydrogen-bond acceptors (Lipinski definition) is 3. The highest BCUT2D eigenvalue weighted by Gasteiger charge is 2.14. The molecule has 0 radical (unpaired) electrons. The van der Waals surface area contributed by atoms with Crippen molar-refractivity contribution in [2.75, 3.05) is 13.0 Å². The van der Waals surface area contributed by atoms with Gasteiger partial charge >= 0.3 is 0 Å². The van der Waals surface area contributed by atoms with E-state index >= 15 is 0 Å². The van der Waals surface area contributed by atoms with Gasteiger partial charge in [-0.05, 0) is 12.1 Å². The Kier molecular flexibility index (Phi) is 3.65. The summed E-state index contributed by atoms with van der Waals surface area (Å²) < 4.78 is 4.92. The van der Waals surface area contributed by atoms with Crippen LogP contribution in [-0.2, 0) is 4.79 Å². The van der Waals surface area contributed by atoms with E-state index in [0.29, 0.717) is 11.3 Å². The monoisotopic (exact) mass is 212 g/mol. The van der Waals surface area contributed by atoms with E-state index in [-0.39, 0.29) is 5.88 Å². The van der Waals surface area contributed by atoms with Gasteiger partial charge in [0.2, 0.25) is 11.6 Å². The summed E-state index contributed by atoms with van der Waals surface area (Å²) in [6, 6.07) is 6.40. The molecular formula is C10H9ClO3. The van der Waals surface area contributed by atoms with Crippen molar-refractivity contribution in [3.05, 3.63) is 29.8 Å². The molecule has 0 aliphatic rings. The summed E-state index contributed by atoms with van der Waals surface area (Å²) in [6.07, 6.45) is 0. The van der Waals surface area contributed by atoms with Crippen LogP contribution in [-0.4, -0.2) is 24.6 Å². The number of carbonyl (C=O) groups is 2. The molecule has 0 spiro atoms. The first-order valence-electron chi connectivity index (χ1n) is 3.96. The highest BCUT2D eigenvalue weighted by atomic mass is 35.5. The minimum absolute atomic E-state index is 0.296. The van der Waals surface area contributed by atoms with Crippen molar-refractivity contribution >= 4 is 23.2 Å². The normalized spacial score (nSPS) is 9.57. The Morgan fingerprint density at radius 2 is 2.14 bits per heavy atom. The summed E-state index contributed by atoms with van der Waals surface area (Å²) in [7, 11) is 1.49. The first kappa shape index (κ1) is 10.7. The molecule has 0 N–H and O–H groups in total. The van der Waals surface area contributed by atoms with Gasteiger partial charge in [-0.15, -0.1) is 11.6 Å². The Bertz CT molecular complexity index is 360. The number of alkyl halides is 1. The molecule has 0 atom stereocenters. The van der Waals surface area contributed by atoms with Crippen LogP contribution in [0.4, 0.5) is 0 Å². The van der Waals surface area contributed by atoms with E-state index in [1.54, 1.807) is 18.2 Å². The molecule has 0 saturated heterocycles. The van der Waals surface area contributed by atoms with E-state index < -0.39 is 11.6 Å². The number of methoxy groups -OCH3 is 1. The third-order valence-corrected chi connectivity index (χ3v) is 1.95. The average molecular weight is 213 g/mol. The molecule has 1 rings (SSSR count). The van der Waals surface area contributed by atoms with Gasteiger partial charge in [-0.2, -0.15) is 0 Å². The SMILES string of the molecule is COc1cccc(C(=O)C(=O)CCl)c1. The van der Waals surface area contributed by atoms with Crippen LogP contribution < -0.4 is 4.74 Å². The summed E-state index contributed by atoms with van der Waals surface area (Å²) >= 11 is 5.27. The molecule has 0 aliphatic heterocycles. The van der Waals surface area contributed by atoms with Gasteiger partial charge in [0.05, 0.1) is 13.0 Å². The second-order valence-corrected chi connectivity index (χ2v) is 2.89. The fraction of sp³-hybridized carbons (Fsp3) is 0.200. The molecule has 0 bridgehead atoms. The smallest absolute Gasteiger partial charge is 0.229 e. The van der Waals surface area contributed by atoms with Crippen LogP contribution in [0.15, 0.2) is 24.3 Å². The van der Waals surface area contributed by atoms with Gasteiger partial charge in [-0.3, -0.25) is 9.59 Å². The Labute approximate surface area is 86.6 Å². The van der Waals surface area contributed by atoms with E-state index in [4.69, 9.17) is 16.3 Å². The molecule has 14 heavy (non-hydrogen) atoms. The number of halogens is 1. The second kappa shape index (κ2) is 4.77. The lowest BCUT2D eigenvalue weighted by Crippen LogP contribution is -2.15. The van der Waals surface area contributed by atoms with Crippen molar-refractivity contribution in [1.82, 2.24) is 0 Å². The van der Waals surface area contributed by atoms with Crippen molar-refractivity contribution in [2.45, 2.75) is 0 Å². The topological polar surface area (TPSA) is 43.4 Å². The predicted octanol–water partition coefficient (Wildman–Crippen LogP) is 1.69. The van der Waals surface area contributed by atoms with Gasteiger partial charge < -0.3 is 4.74 Å². The minimum Gasteiger partial charge on any atom is -0.497 e. The molecule has 0 aliphatic carbocycles. The molecular weight excluding hydrogens is 204 g/mol. The Morgan fingerprint density at radius 1 is 1.43 bits per heavy atom. The fourth-order valence-corrected chi connectivity index (χ4v) is 1.11. The molecule has 0 aromatic heterocycles. The number of ether oxygens (including phenoxy) is 1. The first-order chi connectivity index (χ1) is 6.69. The number of carbonyl (C=O) groups excluding carboxylic acids is 2. The van der Waals surface area contributed by atoms with Crippen LogP contribution in [0, 0.1) is 0 Å². The van der Waals surface area contributed by atoms with Crippen LogP contribution in [0.2, 0.25) is 0 Å². The lowest BCUT2D eigenvalue weighted by molar-refractivity contribution is -0.112. The zero-order valence-electron chi connectivity index (χ0n) is 7.62. The van der Waals surface area contributed by atoms with E-state index in [9.17, 15) is 9.59 Å². The highest BCUT2D eigenvalue weighted by Crippen LogP contribution is 2.13. The highest BCUT2D eigenvalue weighted by molar-refractivity contribution is 6.51. The van der Waals surface area contributed by atoms with Gasteiger partial charge in [0.25, 0.3) is 0 Å². The molecule has 1 aromatic carbocycles. The number of rotatable bonds is 4. The summed E-state index contributed by atoms with van der Waals surface area (Å²) in [5.74, 6) is -0.951. The largest absolute Gasteiger partial charge is 0.497 e. The van der Waals surface area contributed by atoms with Crippen LogP contribution >= 0.6 is 11.6 Å². The first-order valence-corrected chi connectivity index (χ1v) is 4.50. The van der Waals surface area contributed by atoms with E-state index in [1.165, 1.54) is 13.2 Å². The molecule has 4 heteroatoms. The molecule has 0 saturated carbocycles. The van der Waals surface area contributed by atoms with Gasteiger partial charge in [0.1, 0.15) is 5.75 Å². The molecule has 3 nitrogen and oxygen atoms in total. The van der Waals surface area contributed by atoms with Crippen molar-refractivity contribution in [1.29, 1.82) is 0 Å². The third kappa shape index (κ3) is 2.33. The Hall–Kier alpha value is -1.35. The van der Waals surface area contributed by atoms with E-state index in [0.717, 1.165) is 0 Å². The average Bonchev–Trinajstić information content (AvgIpc) is 2.27. The van der Waals surface area contributed by atoms with Gasteiger partial charge in [-0.1, -0.05) is 12.1 Å². The Morgan fingerprint density at radius 3 is 2.71 bits per heavy atom. The van der Waals surface area contributed by atoms with E-state index in [2.05, 4.69) is 0 Å². The van der Waals surface area contributed by atoms with Gasteiger partial charge in [0, 0.05) is 5.56 Å². The molecule has 1 aromatic rings. The van der Waals surface area contributed by atoms with Crippen molar-refractivity contribution in [3.63, 3.8) is 0 Å². The van der Waals surface area contributed by atoms with Crippen LogP contribution in [0.5, 0.6) is 5.75 Å². The maximum atomic E-state index is 11.4. The summed E-state index contributed by atoms with van der Waals surface area (Å²) in [6.45, 7) is 0. The standard InChI is InChI=1S/C10H9ClO3/c1-14-8-4-2-3-7(5-8)10(13)9(12)6-11/h2-5H,6H2,1H3. The van der Waals surface area contributed by atoms with Crippen molar-refractivity contribution < 1.29 is 14.3 Å². The maximum Gasteiger partial charge on any atom is 0.229 e. The summed E-state index contributed by atoms with van der Waals surface area (Å²) in [5.41, 5.74) is 0.301. The van der Waals surface area contributed by atoms with Crippen molar-refractivity contribution in [2.24, 2.45) is 0 Å². The van der Waals surface area contributed by atoms with Gasteiger partial charge in [-0.25, -0.2) is 0 Å². The summed E-state index contributed by atoms with van der Waals surface area (Å²) in [4.78, 5) is 22.3. The van der Waals surface area contributed by atoms with Crippen molar-refractivity contribution in [3.8, 4) is 5.75 Å². The molecule has 0 heterocycles. The fourth-order valence-electron chi connectivity index (χ4n) is 0.986. The number of benzene rings is 1. The molecule has 74 valence electrons. The molecule has 0 unspecified atom stereocenters. The van der Waals surface area contributed by atoms with E-state index in [1.807, 2.05) is 0 Å².